The number of nitrogens with zero attached hydrogens (tertiary/aromatic N) is 1. The van der Waals surface area contributed by atoms with E-state index in [9.17, 15) is 0 Å². The van der Waals surface area contributed by atoms with Gasteiger partial charge in [0.15, 0.2) is 0 Å². The van der Waals surface area contributed by atoms with Crippen LogP contribution in [0, 0.1) is 0 Å². The fourth-order valence-electron chi connectivity index (χ4n) is 1.52. The minimum atomic E-state index is 0.713. The average Bonchev–Trinajstić information content (AvgIpc) is 2.92. The molecular formula is C14H14N2S2. The minimum Gasteiger partial charge on any atom is -0.392 e. The molecule has 2 aromatic rings. The van der Waals surface area contributed by atoms with Crippen LogP contribution in [0.3, 0.4) is 0 Å². The summed E-state index contributed by atoms with van der Waals surface area (Å²) in [5, 5.41) is 2.78. The molecule has 0 aliphatic heterocycles. The van der Waals surface area contributed by atoms with Gasteiger partial charge in [-0.3, -0.25) is 4.99 Å². The highest BCUT2D eigenvalue weighted by atomic mass is 32.2. The molecule has 0 radical (unpaired) electrons. The maximum absolute atomic E-state index is 6.09. The van der Waals surface area contributed by atoms with Crippen LogP contribution in [0.2, 0.25) is 0 Å². The van der Waals surface area contributed by atoms with E-state index in [-0.39, 0.29) is 0 Å². The zero-order chi connectivity index (χ0) is 12.8. The Morgan fingerprint density at radius 3 is 2.61 bits per heavy atom. The summed E-state index contributed by atoms with van der Waals surface area (Å²) in [4.78, 5) is 5.35. The van der Waals surface area contributed by atoms with E-state index in [0.29, 0.717) is 5.03 Å². The number of nitrogens with two attached hydrogens (primary N) is 1. The molecule has 1 heterocycles. The molecule has 2 rings (SSSR count). The zero-order valence-corrected chi connectivity index (χ0v) is 11.5. The molecule has 2 N–H and O–H groups in total. The van der Waals surface area contributed by atoms with E-state index in [2.05, 4.69) is 23.2 Å². The molecule has 0 spiro atoms. The standard InChI is InChI=1S/C14H14N2S2/c1-16-13(11-6-3-2-4-7-11)14(15)18-10-12-8-5-9-17-12/h2-9H,1,10,15H2/b14-13-. The summed E-state index contributed by atoms with van der Waals surface area (Å²) >= 11 is 3.33. The van der Waals surface area contributed by atoms with Crippen LogP contribution in [0.1, 0.15) is 10.4 Å². The van der Waals surface area contributed by atoms with Gasteiger partial charge in [0.1, 0.15) is 0 Å². The van der Waals surface area contributed by atoms with Crippen LogP contribution >= 0.6 is 23.1 Å². The van der Waals surface area contributed by atoms with Crippen molar-refractivity contribution in [3.05, 3.63) is 63.3 Å². The lowest BCUT2D eigenvalue weighted by Crippen LogP contribution is -1.97. The largest absolute Gasteiger partial charge is 0.392 e. The second kappa shape index (κ2) is 6.42. The first-order chi connectivity index (χ1) is 8.81. The summed E-state index contributed by atoms with van der Waals surface area (Å²) in [6.07, 6.45) is 0. The van der Waals surface area contributed by atoms with Gasteiger partial charge in [0.25, 0.3) is 0 Å². The Morgan fingerprint density at radius 1 is 1.22 bits per heavy atom. The minimum absolute atomic E-state index is 0.713. The van der Waals surface area contributed by atoms with Crippen molar-refractivity contribution in [2.75, 3.05) is 0 Å². The highest BCUT2D eigenvalue weighted by Gasteiger charge is 2.05. The molecule has 2 nitrogen and oxygen atoms in total. The Morgan fingerprint density at radius 2 is 2.00 bits per heavy atom. The normalized spacial score (nSPS) is 12.0. The number of hydrogen-bond acceptors (Lipinski definition) is 4. The highest BCUT2D eigenvalue weighted by molar-refractivity contribution is 8.02. The van der Waals surface area contributed by atoms with Gasteiger partial charge in [-0.1, -0.05) is 36.4 Å². The molecule has 0 saturated carbocycles. The van der Waals surface area contributed by atoms with Crippen molar-refractivity contribution >= 4 is 35.5 Å². The molecular weight excluding hydrogens is 260 g/mol. The van der Waals surface area contributed by atoms with Crippen molar-refractivity contribution in [3.8, 4) is 0 Å². The van der Waals surface area contributed by atoms with Crippen LogP contribution in [-0.4, -0.2) is 6.72 Å². The molecule has 0 unspecified atom stereocenters. The van der Waals surface area contributed by atoms with Crippen molar-refractivity contribution < 1.29 is 0 Å². The van der Waals surface area contributed by atoms with Gasteiger partial charge in [-0.25, -0.2) is 0 Å². The molecule has 92 valence electrons. The fraction of sp³-hybridized carbons (Fsp3) is 0.0714. The first-order valence-electron chi connectivity index (χ1n) is 5.48. The Balaban J connectivity index is 2.14. The number of benzene rings is 1. The monoisotopic (exact) mass is 274 g/mol. The van der Waals surface area contributed by atoms with Crippen LogP contribution in [0.25, 0.3) is 5.70 Å². The van der Waals surface area contributed by atoms with E-state index in [4.69, 9.17) is 5.73 Å². The van der Waals surface area contributed by atoms with E-state index in [1.54, 1.807) is 23.1 Å². The Kier molecular flexibility index (Phi) is 4.61. The molecule has 0 atom stereocenters. The Hall–Kier alpha value is -1.52. The quantitative estimate of drug-likeness (QED) is 0.838. The molecule has 0 fully saturated rings. The van der Waals surface area contributed by atoms with E-state index >= 15 is 0 Å². The molecule has 1 aromatic heterocycles. The summed E-state index contributed by atoms with van der Waals surface area (Å²) in [7, 11) is 0. The molecule has 0 aliphatic rings. The fourth-order valence-corrected chi connectivity index (χ4v) is 3.17. The zero-order valence-electron chi connectivity index (χ0n) is 9.87. The Bertz CT molecular complexity index is 530. The van der Waals surface area contributed by atoms with Crippen LogP contribution in [0.4, 0.5) is 0 Å². The van der Waals surface area contributed by atoms with Crippen molar-refractivity contribution in [2.45, 2.75) is 5.75 Å². The van der Waals surface area contributed by atoms with Gasteiger partial charge in [-0.2, -0.15) is 0 Å². The third-order valence-electron chi connectivity index (χ3n) is 2.39. The third-order valence-corrected chi connectivity index (χ3v) is 4.41. The lowest BCUT2D eigenvalue weighted by Gasteiger charge is -2.06. The van der Waals surface area contributed by atoms with E-state index < -0.39 is 0 Å². The molecule has 0 saturated heterocycles. The number of rotatable bonds is 5. The summed E-state index contributed by atoms with van der Waals surface area (Å²) in [5.41, 5.74) is 7.86. The van der Waals surface area contributed by atoms with Crippen LogP contribution in [0.15, 0.2) is 57.9 Å². The van der Waals surface area contributed by atoms with Crippen LogP contribution < -0.4 is 5.73 Å². The number of aliphatic imine (C=N–C) groups is 1. The second-order valence-electron chi connectivity index (χ2n) is 3.61. The van der Waals surface area contributed by atoms with Gasteiger partial charge in [0.05, 0.1) is 10.7 Å². The van der Waals surface area contributed by atoms with Gasteiger partial charge in [0, 0.05) is 16.2 Å². The second-order valence-corrected chi connectivity index (χ2v) is 5.65. The average molecular weight is 274 g/mol. The number of thiophene rings is 1. The molecule has 0 amide bonds. The van der Waals surface area contributed by atoms with Gasteiger partial charge < -0.3 is 5.73 Å². The molecule has 1 aromatic carbocycles. The third kappa shape index (κ3) is 3.24. The first kappa shape index (κ1) is 12.9. The van der Waals surface area contributed by atoms with Crippen molar-refractivity contribution in [3.63, 3.8) is 0 Å². The maximum atomic E-state index is 6.09. The molecule has 0 bridgehead atoms. The topological polar surface area (TPSA) is 38.4 Å². The van der Waals surface area contributed by atoms with E-state index in [0.717, 1.165) is 17.0 Å². The predicted octanol–water partition coefficient (Wildman–Crippen LogP) is 3.97. The highest BCUT2D eigenvalue weighted by Crippen LogP contribution is 2.27. The van der Waals surface area contributed by atoms with Gasteiger partial charge >= 0.3 is 0 Å². The van der Waals surface area contributed by atoms with Crippen molar-refractivity contribution in [1.29, 1.82) is 0 Å². The van der Waals surface area contributed by atoms with Crippen molar-refractivity contribution in [1.82, 2.24) is 0 Å². The SMILES string of the molecule is C=N/C(=C(/N)SCc1cccs1)c1ccccc1. The lowest BCUT2D eigenvalue weighted by atomic mass is 10.2. The Labute approximate surface area is 115 Å². The summed E-state index contributed by atoms with van der Waals surface area (Å²) in [6, 6.07) is 14.0. The van der Waals surface area contributed by atoms with Crippen LogP contribution in [0.5, 0.6) is 0 Å². The van der Waals surface area contributed by atoms with E-state index in [1.165, 1.54) is 4.88 Å². The smallest absolute Gasteiger partial charge is 0.0990 e. The van der Waals surface area contributed by atoms with Crippen molar-refractivity contribution in [2.24, 2.45) is 10.7 Å². The summed E-state index contributed by atoms with van der Waals surface area (Å²) in [5.74, 6) is 0.870. The molecule has 4 heteroatoms. The van der Waals surface area contributed by atoms with Gasteiger partial charge in [-0.05, 0) is 18.2 Å². The van der Waals surface area contributed by atoms with E-state index in [1.807, 2.05) is 36.4 Å². The summed E-state index contributed by atoms with van der Waals surface area (Å²) in [6.45, 7) is 3.60. The first-order valence-corrected chi connectivity index (χ1v) is 7.35. The predicted molar refractivity (Wildman–Crippen MR) is 82.7 cm³/mol. The maximum Gasteiger partial charge on any atom is 0.0990 e. The van der Waals surface area contributed by atoms with Crippen LogP contribution in [-0.2, 0) is 5.75 Å². The number of thioether (sulfide) groups is 1. The molecule has 18 heavy (non-hydrogen) atoms. The lowest BCUT2D eigenvalue weighted by molar-refractivity contribution is 1.43. The van der Waals surface area contributed by atoms with Gasteiger partial charge in [-0.15, -0.1) is 23.1 Å². The molecule has 0 aliphatic carbocycles. The van der Waals surface area contributed by atoms with Gasteiger partial charge in [0.2, 0.25) is 0 Å². The summed E-state index contributed by atoms with van der Waals surface area (Å²) < 4.78 is 0. The number of hydrogen-bond donors (Lipinski definition) is 1.